The highest BCUT2D eigenvalue weighted by Crippen LogP contribution is 2.30. The van der Waals surface area contributed by atoms with Gasteiger partial charge < -0.3 is 0 Å². The van der Waals surface area contributed by atoms with E-state index in [1.807, 2.05) is 0 Å². The van der Waals surface area contributed by atoms with Gasteiger partial charge in [-0.25, -0.2) is 0 Å². The summed E-state index contributed by atoms with van der Waals surface area (Å²) in [7, 11) is 0. The van der Waals surface area contributed by atoms with Gasteiger partial charge in [-0.3, -0.25) is 14.9 Å². The van der Waals surface area contributed by atoms with Crippen LogP contribution in [0.1, 0.15) is 18.4 Å². The lowest BCUT2D eigenvalue weighted by molar-refractivity contribution is -0.384. The van der Waals surface area contributed by atoms with Gasteiger partial charge >= 0.3 is 0 Å². The van der Waals surface area contributed by atoms with E-state index < -0.39 is 4.92 Å². The normalized spacial score (nSPS) is 13.3. The number of ketones is 1. The van der Waals surface area contributed by atoms with Crippen LogP contribution in [0.3, 0.4) is 0 Å². The summed E-state index contributed by atoms with van der Waals surface area (Å²) in [5.41, 5.74) is 0.726. The van der Waals surface area contributed by atoms with Crippen molar-refractivity contribution in [3.05, 3.63) is 46.0 Å². The van der Waals surface area contributed by atoms with Crippen LogP contribution in [0.5, 0.6) is 0 Å². The van der Waals surface area contributed by atoms with E-state index in [0.717, 1.165) is 12.8 Å². The van der Waals surface area contributed by atoms with Gasteiger partial charge in [0.2, 0.25) is 0 Å². The SMILES string of the molecule is N#CS.O=C(/C=C\c1cccc([N+](=O)[O-])c1)C1CC1. The Balaban J connectivity index is 0.000000550. The van der Waals surface area contributed by atoms with Gasteiger partial charge in [-0.15, -0.1) is 0 Å². The number of benzene rings is 1. The van der Waals surface area contributed by atoms with Gasteiger partial charge in [0.15, 0.2) is 5.78 Å². The number of nitro benzene ring substituents is 1. The number of hydrogen-bond donors (Lipinski definition) is 1. The van der Waals surface area contributed by atoms with Crippen molar-refractivity contribution in [2.75, 3.05) is 0 Å². The molecule has 1 aromatic rings. The second kappa shape index (κ2) is 7.34. The molecule has 6 heteroatoms. The smallest absolute Gasteiger partial charge is 0.270 e. The molecule has 0 aromatic heterocycles. The third kappa shape index (κ3) is 5.36. The molecule has 0 aliphatic heterocycles. The second-order valence-electron chi connectivity index (χ2n) is 3.96. The zero-order valence-electron chi connectivity index (χ0n) is 10.0. The molecule has 0 heterocycles. The fraction of sp³-hybridized carbons (Fsp3) is 0.231. The Kier molecular flexibility index (Phi) is 5.76. The summed E-state index contributed by atoms with van der Waals surface area (Å²) >= 11 is 3.09. The molecule has 0 radical (unpaired) electrons. The van der Waals surface area contributed by atoms with E-state index in [1.165, 1.54) is 23.6 Å². The average molecular weight is 276 g/mol. The summed E-state index contributed by atoms with van der Waals surface area (Å²) < 4.78 is 0. The molecule has 0 atom stereocenters. The van der Waals surface area contributed by atoms with Crippen LogP contribution in [0.2, 0.25) is 0 Å². The van der Waals surface area contributed by atoms with Gasteiger partial charge in [-0.2, -0.15) is 5.26 Å². The molecular formula is C13H12N2O3S. The van der Waals surface area contributed by atoms with Gasteiger partial charge in [0.25, 0.3) is 5.69 Å². The Morgan fingerprint density at radius 1 is 1.53 bits per heavy atom. The number of nitrogens with zero attached hydrogens (tertiary/aromatic N) is 2. The van der Waals surface area contributed by atoms with Crippen molar-refractivity contribution in [3.8, 4) is 5.40 Å². The number of nitriles is 1. The third-order valence-electron chi connectivity index (χ3n) is 2.50. The number of rotatable bonds is 4. The zero-order valence-corrected chi connectivity index (χ0v) is 10.9. The Hall–Kier alpha value is -2.13. The van der Waals surface area contributed by atoms with Crippen molar-refractivity contribution in [3.63, 3.8) is 0 Å². The minimum atomic E-state index is -0.444. The van der Waals surface area contributed by atoms with E-state index in [0.29, 0.717) is 5.56 Å². The summed E-state index contributed by atoms with van der Waals surface area (Å²) in [5, 5.41) is 19.2. The first-order chi connectivity index (χ1) is 9.08. The first-order valence-electron chi connectivity index (χ1n) is 5.58. The van der Waals surface area contributed by atoms with Crippen LogP contribution in [0.15, 0.2) is 30.3 Å². The van der Waals surface area contributed by atoms with Gasteiger partial charge in [-0.1, -0.05) is 30.8 Å². The van der Waals surface area contributed by atoms with E-state index in [2.05, 4.69) is 12.6 Å². The molecule has 5 nitrogen and oxygen atoms in total. The van der Waals surface area contributed by atoms with Crippen molar-refractivity contribution >= 4 is 30.2 Å². The molecule has 19 heavy (non-hydrogen) atoms. The Labute approximate surface area is 116 Å². The molecule has 98 valence electrons. The fourth-order valence-electron chi connectivity index (χ4n) is 1.42. The maximum atomic E-state index is 11.4. The van der Waals surface area contributed by atoms with Crippen LogP contribution in [0.4, 0.5) is 5.69 Å². The summed E-state index contributed by atoms with van der Waals surface area (Å²) in [6.45, 7) is 0. The molecule has 0 amide bonds. The van der Waals surface area contributed by atoms with Crippen molar-refractivity contribution in [2.24, 2.45) is 5.92 Å². The summed E-state index contributed by atoms with van der Waals surface area (Å²) in [6, 6.07) is 6.24. The first-order valence-corrected chi connectivity index (χ1v) is 6.02. The molecule has 2 rings (SSSR count). The minimum Gasteiger partial charge on any atom is -0.295 e. The van der Waals surface area contributed by atoms with Crippen LogP contribution in [0.25, 0.3) is 6.08 Å². The van der Waals surface area contributed by atoms with Gasteiger partial charge in [0.05, 0.1) is 4.92 Å². The lowest BCUT2D eigenvalue weighted by Gasteiger charge is -1.94. The van der Waals surface area contributed by atoms with Crippen LogP contribution < -0.4 is 0 Å². The Bertz CT molecular complexity index is 545. The Morgan fingerprint density at radius 3 is 2.68 bits per heavy atom. The summed E-state index contributed by atoms with van der Waals surface area (Å²) in [4.78, 5) is 21.5. The van der Waals surface area contributed by atoms with E-state index in [9.17, 15) is 14.9 Å². The molecule has 1 aromatic carbocycles. The predicted octanol–water partition coefficient (Wildman–Crippen LogP) is 2.98. The van der Waals surface area contributed by atoms with Crippen LogP contribution in [0, 0.1) is 26.7 Å². The topological polar surface area (TPSA) is 84.0 Å². The number of thiol groups is 1. The molecule has 0 saturated heterocycles. The van der Waals surface area contributed by atoms with Gasteiger partial charge in [0.1, 0.15) is 5.40 Å². The van der Waals surface area contributed by atoms with Crippen LogP contribution >= 0.6 is 12.6 Å². The van der Waals surface area contributed by atoms with E-state index >= 15 is 0 Å². The highest BCUT2D eigenvalue weighted by molar-refractivity contribution is 7.85. The largest absolute Gasteiger partial charge is 0.295 e. The lowest BCUT2D eigenvalue weighted by atomic mass is 10.1. The van der Waals surface area contributed by atoms with Crippen LogP contribution in [-0.2, 0) is 4.79 Å². The number of hydrogen-bond acceptors (Lipinski definition) is 5. The number of non-ortho nitro benzene ring substituents is 1. The first kappa shape index (κ1) is 14.9. The van der Waals surface area contributed by atoms with Gasteiger partial charge in [0, 0.05) is 18.1 Å². The molecule has 0 unspecified atom stereocenters. The van der Waals surface area contributed by atoms with Crippen molar-refractivity contribution in [2.45, 2.75) is 12.8 Å². The number of thiocyanates is 1. The standard InChI is InChI=1S/C12H11NO3.CHNS/c14-12(10-5-6-10)7-4-9-2-1-3-11(8-9)13(15)16;2-1-3/h1-4,7-8,10H,5-6H2;3H/b7-4-;. The van der Waals surface area contributed by atoms with E-state index in [-0.39, 0.29) is 17.4 Å². The van der Waals surface area contributed by atoms with E-state index in [4.69, 9.17) is 5.26 Å². The molecule has 0 bridgehead atoms. The molecule has 0 N–H and O–H groups in total. The summed E-state index contributed by atoms with van der Waals surface area (Å²) in [6.07, 6.45) is 5.08. The number of carbonyl (C=O) groups is 1. The van der Waals surface area contributed by atoms with Crippen molar-refractivity contribution in [1.29, 1.82) is 5.26 Å². The maximum Gasteiger partial charge on any atom is 0.270 e. The number of carbonyl (C=O) groups excluding carboxylic acids is 1. The van der Waals surface area contributed by atoms with E-state index in [1.54, 1.807) is 18.2 Å². The Morgan fingerprint density at radius 2 is 2.16 bits per heavy atom. The molecule has 1 saturated carbocycles. The monoisotopic (exact) mass is 276 g/mol. The minimum absolute atomic E-state index is 0.0426. The molecule has 1 fully saturated rings. The molecular weight excluding hydrogens is 264 g/mol. The predicted molar refractivity (Wildman–Crippen MR) is 74.5 cm³/mol. The fourth-order valence-corrected chi connectivity index (χ4v) is 1.42. The lowest BCUT2D eigenvalue weighted by Crippen LogP contribution is -1.93. The summed E-state index contributed by atoms with van der Waals surface area (Å²) in [5.74, 6) is 0.307. The molecule has 1 aliphatic rings. The average Bonchev–Trinajstić information content (AvgIpc) is 3.21. The van der Waals surface area contributed by atoms with Crippen molar-refractivity contribution in [1.82, 2.24) is 0 Å². The zero-order chi connectivity index (χ0) is 14.3. The maximum absolute atomic E-state index is 11.4. The van der Waals surface area contributed by atoms with Crippen LogP contribution in [-0.4, -0.2) is 10.7 Å². The second-order valence-corrected chi connectivity index (χ2v) is 4.16. The highest BCUT2D eigenvalue weighted by atomic mass is 32.1. The quantitative estimate of drug-likeness (QED) is 0.301. The molecule has 1 aliphatic carbocycles. The third-order valence-corrected chi connectivity index (χ3v) is 2.50. The van der Waals surface area contributed by atoms with Crippen molar-refractivity contribution < 1.29 is 9.72 Å². The van der Waals surface area contributed by atoms with Gasteiger partial charge in [-0.05, 0) is 24.5 Å². The number of allylic oxidation sites excluding steroid dienone is 1. The molecule has 0 spiro atoms. The highest BCUT2D eigenvalue weighted by Gasteiger charge is 2.27. The number of nitro groups is 1.